The minimum absolute atomic E-state index is 0.295. The molecule has 0 unspecified atom stereocenters. The van der Waals surface area contributed by atoms with Gasteiger partial charge in [-0.1, -0.05) is 6.07 Å². The van der Waals surface area contributed by atoms with E-state index in [1.807, 2.05) is 0 Å². The Bertz CT molecular complexity index is 531. The first-order valence-corrected chi connectivity index (χ1v) is 5.22. The molecule has 0 N–H and O–H groups in total. The molecule has 0 aliphatic carbocycles. The van der Waals surface area contributed by atoms with E-state index in [1.54, 1.807) is 19.1 Å². The summed E-state index contributed by atoms with van der Waals surface area (Å²) in [5.41, 5.74) is 0.653. The van der Waals surface area contributed by atoms with Crippen molar-refractivity contribution >= 4 is 27.4 Å². The molecule has 0 saturated heterocycles. The minimum Gasteiger partial charge on any atom is -0.465 e. The number of hydrogen-bond acceptors (Lipinski definition) is 3. The molecule has 0 aliphatic rings. The lowest BCUT2D eigenvalue weighted by atomic mass is 10.1. The number of thiophene rings is 1. The minimum atomic E-state index is -0.409. The van der Waals surface area contributed by atoms with Gasteiger partial charge in [0, 0.05) is 10.1 Å². The summed E-state index contributed by atoms with van der Waals surface area (Å²) >= 11 is 1.26. The van der Waals surface area contributed by atoms with Crippen LogP contribution in [0.3, 0.4) is 0 Å². The fraction of sp³-hybridized carbons (Fsp3) is 0.182. The lowest BCUT2D eigenvalue weighted by Gasteiger charge is -1.96. The maximum Gasteiger partial charge on any atom is 0.348 e. The quantitative estimate of drug-likeness (QED) is 0.695. The van der Waals surface area contributed by atoms with Gasteiger partial charge in [-0.15, -0.1) is 11.3 Å². The van der Waals surface area contributed by atoms with E-state index < -0.39 is 5.97 Å². The van der Waals surface area contributed by atoms with Crippen molar-refractivity contribution in [3.63, 3.8) is 0 Å². The number of aryl methyl sites for hydroxylation is 1. The van der Waals surface area contributed by atoms with Crippen LogP contribution in [-0.4, -0.2) is 13.1 Å². The molecule has 0 bridgehead atoms. The number of carbonyl (C=O) groups excluding carboxylic acids is 1. The normalized spacial score (nSPS) is 10.6. The number of fused-ring (bicyclic) bond motifs is 1. The van der Waals surface area contributed by atoms with Crippen molar-refractivity contribution in [1.29, 1.82) is 0 Å². The molecule has 0 atom stereocenters. The highest BCUT2D eigenvalue weighted by atomic mass is 32.1. The van der Waals surface area contributed by atoms with Crippen molar-refractivity contribution in [3.8, 4) is 0 Å². The Morgan fingerprint density at radius 1 is 1.47 bits per heavy atom. The summed E-state index contributed by atoms with van der Waals surface area (Å²) in [6.07, 6.45) is 0. The van der Waals surface area contributed by atoms with Crippen LogP contribution in [0.1, 0.15) is 15.2 Å². The number of hydrogen-bond donors (Lipinski definition) is 0. The second-order valence-electron chi connectivity index (χ2n) is 3.16. The molecule has 2 nitrogen and oxygen atoms in total. The Kier molecular flexibility index (Phi) is 2.44. The predicted molar refractivity (Wildman–Crippen MR) is 57.9 cm³/mol. The van der Waals surface area contributed by atoms with Gasteiger partial charge in [0.15, 0.2) is 0 Å². The topological polar surface area (TPSA) is 26.3 Å². The highest BCUT2D eigenvalue weighted by Crippen LogP contribution is 2.32. The van der Waals surface area contributed by atoms with Crippen molar-refractivity contribution in [3.05, 3.63) is 34.5 Å². The monoisotopic (exact) mass is 224 g/mol. The molecule has 0 amide bonds. The third kappa shape index (κ3) is 1.51. The van der Waals surface area contributed by atoms with Crippen LogP contribution in [0.25, 0.3) is 10.1 Å². The number of rotatable bonds is 1. The van der Waals surface area contributed by atoms with Crippen molar-refractivity contribution in [2.75, 3.05) is 7.11 Å². The molecule has 0 radical (unpaired) electrons. The molecular formula is C11H9FO2S. The summed E-state index contributed by atoms with van der Waals surface area (Å²) < 4.78 is 18.9. The molecule has 15 heavy (non-hydrogen) atoms. The SMILES string of the molecule is COC(=O)c1sc2cccc(F)c2c1C. The molecule has 1 aromatic carbocycles. The highest BCUT2D eigenvalue weighted by Gasteiger charge is 2.17. The van der Waals surface area contributed by atoms with Gasteiger partial charge in [0.1, 0.15) is 10.7 Å². The third-order valence-electron chi connectivity index (χ3n) is 2.27. The van der Waals surface area contributed by atoms with Crippen LogP contribution in [0.5, 0.6) is 0 Å². The maximum absolute atomic E-state index is 13.5. The summed E-state index contributed by atoms with van der Waals surface area (Å²) in [4.78, 5) is 11.9. The Hall–Kier alpha value is -1.42. The van der Waals surface area contributed by atoms with Gasteiger partial charge < -0.3 is 4.74 Å². The van der Waals surface area contributed by atoms with E-state index in [-0.39, 0.29) is 5.82 Å². The van der Waals surface area contributed by atoms with Gasteiger partial charge in [-0.25, -0.2) is 9.18 Å². The van der Waals surface area contributed by atoms with Crippen LogP contribution in [0, 0.1) is 12.7 Å². The second-order valence-corrected chi connectivity index (χ2v) is 4.21. The van der Waals surface area contributed by atoms with Gasteiger partial charge in [0.2, 0.25) is 0 Å². The molecule has 0 fully saturated rings. The van der Waals surface area contributed by atoms with Crippen molar-refractivity contribution < 1.29 is 13.9 Å². The molecule has 0 saturated carbocycles. The largest absolute Gasteiger partial charge is 0.465 e. The average Bonchev–Trinajstić information content (AvgIpc) is 2.56. The molecule has 1 heterocycles. The number of esters is 1. The molecular weight excluding hydrogens is 215 g/mol. The zero-order valence-corrected chi connectivity index (χ0v) is 9.15. The van der Waals surface area contributed by atoms with Crippen molar-refractivity contribution in [1.82, 2.24) is 0 Å². The number of ether oxygens (including phenoxy) is 1. The van der Waals surface area contributed by atoms with Crippen LogP contribution in [0.2, 0.25) is 0 Å². The zero-order valence-electron chi connectivity index (χ0n) is 8.33. The van der Waals surface area contributed by atoms with E-state index in [9.17, 15) is 9.18 Å². The predicted octanol–water partition coefficient (Wildman–Crippen LogP) is 3.14. The highest BCUT2D eigenvalue weighted by molar-refractivity contribution is 7.21. The summed E-state index contributed by atoms with van der Waals surface area (Å²) in [6, 6.07) is 4.82. The number of methoxy groups -OCH3 is 1. The Morgan fingerprint density at radius 2 is 2.20 bits per heavy atom. The van der Waals surface area contributed by atoms with Gasteiger partial charge in [0.05, 0.1) is 7.11 Å². The molecule has 2 aromatic rings. The van der Waals surface area contributed by atoms with Crippen LogP contribution in [0.4, 0.5) is 4.39 Å². The van der Waals surface area contributed by atoms with Gasteiger partial charge in [-0.2, -0.15) is 0 Å². The first-order chi connectivity index (χ1) is 7.15. The molecule has 0 spiro atoms. The molecule has 4 heteroatoms. The van der Waals surface area contributed by atoms with E-state index in [1.165, 1.54) is 24.5 Å². The van der Waals surface area contributed by atoms with Crippen LogP contribution < -0.4 is 0 Å². The summed E-state index contributed by atoms with van der Waals surface area (Å²) in [7, 11) is 1.32. The van der Waals surface area contributed by atoms with Gasteiger partial charge in [-0.05, 0) is 24.6 Å². The first-order valence-electron chi connectivity index (χ1n) is 4.41. The summed E-state index contributed by atoms with van der Waals surface area (Å²) in [5, 5.41) is 0.517. The third-order valence-corrected chi connectivity index (χ3v) is 3.51. The number of halogens is 1. The Labute approximate surface area is 90.3 Å². The van der Waals surface area contributed by atoms with Crippen molar-refractivity contribution in [2.24, 2.45) is 0 Å². The maximum atomic E-state index is 13.5. The first kappa shape index (κ1) is 10.1. The average molecular weight is 224 g/mol. The molecule has 0 aliphatic heterocycles. The van der Waals surface area contributed by atoms with E-state index in [0.717, 1.165) is 4.70 Å². The van der Waals surface area contributed by atoms with Crippen LogP contribution >= 0.6 is 11.3 Å². The van der Waals surface area contributed by atoms with Gasteiger partial charge in [-0.3, -0.25) is 0 Å². The number of carbonyl (C=O) groups is 1. The fourth-order valence-electron chi connectivity index (χ4n) is 1.54. The molecule has 78 valence electrons. The molecule has 2 rings (SSSR count). The lowest BCUT2D eigenvalue weighted by molar-refractivity contribution is 0.0605. The Morgan fingerprint density at radius 3 is 2.80 bits per heavy atom. The summed E-state index contributed by atoms with van der Waals surface area (Å²) in [5.74, 6) is -0.704. The van der Waals surface area contributed by atoms with Crippen LogP contribution in [-0.2, 0) is 4.74 Å². The standard InChI is InChI=1S/C11H9FO2S/c1-6-9-7(12)4-3-5-8(9)15-10(6)11(13)14-2/h3-5H,1-2H3. The van der Waals surface area contributed by atoms with Gasteiger partial charge >= 0.3 is 5.97 Å². The zero-order chi connectivity index (χ0) is 11.0. The van der Waals surface area contributed by atoms with E-state index >= 15 is 0 Å². The van der Waals surface area contributed by atoms with Crippen LogP contribution in [0.15, 0.2) is 18.2 Å². The lowest BCUT2D eigenvalue weighted by Crippen LogP contribution is -1.99. The van der Waals surface area contributed by atoms with Crippen molar-refractivity contribution in [2.45, 2.75) is 6.92 Å². The van der Waals surface area contributed by atoms with E-state index in [0.29, 0.717) is 15.8 Å². The van der Waals surface area contributed by atoms with E-state index in [4.69, 9.17) is 0 Å². The smallest absolute Gasteiger partial charge is 0.348 e. The molecule has 1 aromatic heterocycles. The second kappa shape index (κ2) is 3.62. The van der Waals surface area contributed by atoms with Gasteiger partial charge in [0.25, 0.3) is 0 Å². The fourth-order valence-corrected chi connectivity index (χ4v) is 2.68. The Balaban J connectivity index is 2.75. The summed E-state index contributed by atoms with van der Waals surface area (Å²) in [6.45, 7) is 1.73. The van der Waals surface area contributed by atoms with E-state index in [2.05, 4.69) is 4.74 Å². The number of benzene rings is 1.